The first-order chi connectivity index (χ1) is 9.61. The van der Waals surface area contributed by atoms with Gasteiger partial charge in [0.05, 0.1) is 0 Å². The number of hydrogen-bond donors (Lipinski definition) is 2. The quantitative estimate of drug-likeness (QED) is 0.858. The third kappa shape index (κ3) is 2.19. The lowest BCUT2D eigenvalue weighted by Crippen LogP contribution is -2.42. The summed E-state index contributed by atoms with van der Waals surface area (Å²) in [6.07, 6.45) is 4.14. The highest BCUT2D eigenvalue weighted by atomic mass is 16.2. The van der Waals surface area contributed by atoms with Gasteiger partial charge in [-0.2, -0.15) is 0 Å². The van der Waals surface area contributed by atoms with E-state index >= 15 is 0 Å². The van der Waals surface area contributed by atoms with Crippen molar-refractivity contribution in [3.05, 3.63) is 11.4 Å². The van der Waals surface area contributed by atoms with Gasteiger partial charge in [-0.1, -0.05) is 0 Å². The van der Waals surface area contributed by atoms with Gasteiger partial charge in [0.15, 0.2) is 0 Å². The molecule has 1 aromatic rings. The largest absolute Gasteiger partial charge is 0.383 e. The smallest absolute Gasteiger partial charge is 0.242 e. The van der Waals surface area contributed by atoms with E-state index in [2.05, 4.69) is 15.2 Å². The summed E-state index contributed by atoms with van der Waals surface area (Å²) in [6, 6.07) is -0.139. The number of amides is 1. The maximum atomic E-state index is 12.0. The Morgan fingerprint density at radius 1 is 1.35 bits per heavy atom. The van der Waals surface area contributed by atoms with Gasteiger partial charge < -0.3 is 16.0 Å². The Bertz CT molecular complexity index is 541. The molecule has 1 aromatic heterocycles. The molecule has 1 saturated carbocycles. The SMILES string of the molecule is CNC(=O)C1CCCN1c1nc(C2CC2)nc(N)c1C. The molecule has 1 unspecified atom stereocenters. The Labute approximate surface area is 118 Å². The topological polar surface area (TPSA) is 84.1 Å². The number of nitrogens with one attached hydrogen (secondary N) is 1. The molecule has 6 nitrogen and oxygen atoms in total. The van der Waals surface area contributed by atoms with Gasteiger partial charge in [0.1, 0.15) is 23.5 Å². The summed E-state index contributed by atoms with van der Waals surface area (Å²) in [5.74, 6) is 2.72. The van der Waals surface area contributed by atoms with Crippen LogP contribution in [0.15, 0.2) is 0 Å². The monoisotopic (exact) mass is 275 g/mol. The number of anilines is 2. The fourth-order valence-electron chi connectivity index (χ4n) is 2.80. The minimum Gasteiger partial charge on any atom is -0.383 e. The first-order valence-electron chi connectivity index (χ1n) is 7.24. The van der Waals surface area contributed by atoms with Crippen molar-refractivity contribution in [2.45, 2.75) is 44.6 Å². The first-order valence-corrected chi connectivity index (χ1v) is 7.24. The molecule has 1 aliphatic heterocycles. The van der Waals surface area contributed by atoms with Gasteiger partial charge in [-0.25, -0.2) is 9.97 Å². The van der Waals surface area contributed by atoms with Gasteiger partial charge in [-0.05, 0) is 32.6 Å². The van der Waals surface area contributed by atoms with Crippen LogP contribution in [0.5, 0.6) is 0 Å². The van der Waals surface area contributed by atoms with Crippen molar-refractivity contribution in [1.29, 1.82) is 0 Å². The molecule has 3 rings (SSSR count). The van der Waals surface area contributed by atoms with E-state index in [1.165, 1.54) is 0 Å². The van der Waals surface area contributed by atoms with E-state index in [0.717, 1.165) is 49.4 Å². The lowest BCUT2D eigenvalue weighted by Gasteiger charge is -2.26. The number of carbonyl (C=O) groups is 1. The summed E-state index contributed by atoms with van der Waals surface area (Å²) in [7, 11) is 1.68. The van der Waals surface area contributed by atoms with Crippen LogP contribution in [0.3, 0.4) is 0 Å². The minimum atomic E-state index is -0.139. The second-order valence-electron chi connectivity index (χ2n) is 5.66. The predicted molar refractivity (Wildman–Crippen MR) is 77.6 cm³/mol. The number of hydrogen-bond acceptors (Lipinski definition) is 5. The van der Waals surface area contributed by atoms with Gasteiger partial charge in [-0.3, -0.25) is 4.79 Å². The van der Waals surface area contributed by atoms with Crippen molar-refractivity contribution in [3.8, 4) is 0 Å². The van der Waals surface area contributed by atoms with Crippen LogP contribution >= 0.6 is 0 Å². The average molecular weight is 275 g/mol. The maximum absolute atomic E-state index is 12.0. The summed E-state index contributed by atoms with van der Waals surface area (Å²) in [5.41, 5.74) is 6.91. The van der Waals surface area contributed by atoms with Crippen LogP contribution in [0, 0.1) is 6.92 Å². The summed E-state index contributed by atoms with van der Waals surface area (Å²) in [4.78, 5) is 23.2. The van der Waals surface area contributed by atoms with Gasteiger partial charge in [0.2, 0.25) is 5.91 Å². The maximum Gasteiger partial charge on any atom is 0.242 e. The highest BCUT2D eigenvalue weighted by molar-refractivity contribution is 5.85. The molecule has 0 bridgehead atoms. The molecule has 2 heterocycles. The predicted octanol–water partition coefficient (Wildman–Crippen LogP) is 0.959. The molecule has 1 amide bonds. The highest BCUT2D eigenvalue weighted by Gasteiger charge is 2.34. The van der Waals surface area contributed by atoms with E-state index in [-0.39, 0.29) is 11.9 Å². The van der Waals surface area contributed by atoms with Crippen molar-refractivity contribution in [2.24, 2.45) is 0 Å². The molecule has 0 radical (unpaired) electrons. The number of aromatic nitrogens is 2. The van der Waals surface area contributed by atoms with Crippen molar-refractivity contribution < 1.29 is 4.79 Å². The van der Waals surface area contributed by atoms with Gasteiger partial charge in [0, 0.05) is 25.1 Å². The van der Waals surface area contributed by atoms with Crippen LogP contribution < -0.4 is 16.0 Å². The molecule has 6 heteroatoms. The molecular formula is C14H21N5O. The van der Waals surface area contributed by atoms with E-state index < -0.39 is 0 Å². The zero-order valence-electron chi connectivity index (χ0n) is 12.0. The number of nitrogens with two attached hydrogens (primary N) is 1. The molecule has 1 atom stereocenters. The number of nitrogens with zero attached hydrogens (tertiary/aromatic N) is 3. The summed E-state index contributed by atoms with van der Waals surface area (Å²) >= 11 is 0. The molecule has 2 aliphatic rings. The normalized spacial score (nSPS) is 22.1. The van der Waals surface area contributed by atoms with Crippen LogP contribution in [0.25, 0.3) is 0 Å². The third-order valence-electron chi connectivity index (χ3n) is 4.19. The van der Waals surface area contributed by atoms with E-state index in [1.54, 1.807) is 7.05 Å². The minimum absolute atomic E-state index is 0.0482. The van der Waals surface area contributed by atoms with Crippen molar-refractivity contribution in [3.63, 3.8) is 0 Å². The van der Waals surface area contributed by atoms with Gasteiger partial charge >= 0.3 is 0 Å². The standard InChI is InChI=1S/C14H21N5O/c1-8-11(15)17-12(9-5-6-9)18-13(8)19-7-3-4-10(19)14(20)16-2/h9-10H,3-7H2,1-2H3,(H,16,20)(H2,15,17,18). The van der Waals surface area contributed by atoms with Crippen LogP contribution in [0.1, 0.15) is 43.0 Å². The summed E-state index contributed by atoms with van der Waals surface area (Å²) < 4.78 is 0. The Balaban J connectivity index is 1.97. The number of rotatable bonds is 3. The number of likely N-dealkylation sites (N-methyl/N-ethyl adjacent to an activating group) is 1. The highest BCUT2D eigenvalue weighted by Crippen LogP contribution is 2.40. The Morgan fingerprint density at radius 2 is 2.10 bits per heavy atom. The Morgan fingerprint density at radius 3 is 2.75 bits per heavy atom. The van der Waals surface area contributed by atoms with Crippen LogP contribution in [-0.2, 0) is 4.79 Å². The zero-order valence-corrected chi connectivity index (χ0v) is 12.0. The fourth-order valence-corrected chi connectivity index (χ4v) is 2.80. The van der Waals surface area contributed by atoms with Crippen LogP contribution in [0.4, 0.5) is 11.6 Å². The Kier molecular flexibility index (Phi) is 3.23. The van der Waals surface area contributed by atoms with E-state index in [1.807, 2.05) is 6.92 Å². The van der Waals surface area contributed by atoms with Crippen molar-refractivity contribution >= 4 is 17.5 Å². The van der Waals surface area contributed by atoms with E-state index in [0.29, 0.717) is 11.7 Å². The molecule has 0 spiro atoms. The lowest BCUT2D eigenvalue weighted by molar-refractivity contribution is -0.121. The average Bonchev–Trinajstić information content (AvgIpc) is 3.18. The summed E-state index contributed by atoms with van der Waals surface area (Å²) in [6.45, 7) is 2.78. The fraction of sp³-hybridized carbons (Fsp3) is 0.643. The number of carbonyl (C=O) groups excluding carboxylic acids is 1. The molecule has 20 heavy (non-hydrogen) atoms. The second-order valence-corrected chi connectivity index (χ2v) is 5.66. The van der Waals surface area contributed by atoms with Crippen LogP contribution in [0.2, 0.25) is 0 Å². The molecule has 0 aromatic carbocycles. The molecule has 108 valence electrons. The molecule has 1 saturated heterocycles. The van der Waals surface area contributed by atoms with Gasteiger partial charge in [-0.15, -0.1) is 0 Å². The molecule has 2 fully saturated rings. The molecular weight excluding hydrogens is 254 g/mol. The number of nitrogen functional groups attached to an aromatic ring is 1. The van der Waals surface area contributed by atoms with E-state index in [9.17, 15) is 4.79 Å². The zero-order chi connectivity index (χ0) is 14.3. The van der Waals surface area contributed by atoms with Crippen molar-refractivity contribution in [2.75, 3.05) is 24.2 Å². The lowest BCUT2D eigenvalue weighted by atomic mass is 10.2. The van der Waals surface area contributed by atoms with E-state index in [4.69, 9.17) is 10.7 Å². The molecule has 1 aliphatic carbocycles. The van der Waals surface area contributed by atoms with Gasteiger partial charge in [0.25, 0.3) is 0 Å². The molecule has 3 N–H and O–H groups in total. The Hall–Kier alpha value is -1.85. The van der Waals surface area contributed by atoms with Crippen LogP contribution in [-0.4, -0.2) is 35.5 Å². The second kappa shape index (κ2) is 4.92. The summed E-state index contributed by atoms with van der Waals surface area (Å²) in [5, 5.41) is 2.74. The first kappa shape index (κ1) is 13.1. The third-order valence-corrected chi connectivity index (χ3v) is 4.19. The van der Waals surface area contributed by atoms with Crippen molar-refractivity contribution in [1.82, 2.24) is 15.3 Å².